The lowest BCUT2D eigenvalue weighted by Crippen LogP contribution is -2.53. The molecule has 0 saturated carbocycles. The Labute approximate surface area is 233 Å². The minimum Gasteiger partial charge on any atom is -0.462 e. The van der Waals surface area contributed by atoms with Gasteiger partial charge in [0.1, 0.15) is 11.4 Å². The van der Waals surface area contributed by atoms with Crippen molar-refractivity contribution in [3.63, 3.8) is 0 Å². The van der Waals surface area contributed by atoms with E-state index in [9.17, 15) is 23.6 Å². The van der Waals surface area contributed by atoms with E-state index in [1.807, 2.05) is 30.5 Å². The molecule has 1 spiro atoms. The van der Waals surface area contributed by atoms with Crippen LogP contribution >= 0.6 is 0 Å². The molecule has 4 atom stereocenters. The average molecular weight is 553 g/mol. The predicted octanol–water partition coefficient (Wildman–Crippen LogP) is 3.65. The van der Waals surface area contributed by atoms with Crippen molar-refractivity contribution >= 4 is 46.0 Å². The van der Waals surface area contributed by atoms with Gasteiger partial charge in [-0.05, 0) is 67.4 Å². The summed E-state index contributed by atoms with van der Waals surface area (Å²) in [6, 6.07) is 17.1. The van der Waals surface area contributed by atoms with Gasteiger partial charge in [0.05, 0.1) is 29.7 Å². The fraction of sp³-hybridized carbons (Fsp3) is 0.226. The number of imide groups is 1. The van der Waals surface area contributed by atoms with E-state index in [0.717, 1.165) is 21.4 Å². The van der Waals surface area contributed by atoms with Crippen LogP contribution < -0.4 is 15.5 Å². The summed E-state index contributed by atoms with van der Waals surface area (Å²) in [6.45, 7) is 1.91. The highest BCUT2D eigenvalue weighted by atomic mass is 19.1. The molecule has 10 heteroatoms. The Morgan fingerprint density at radius 2 is 1.80 bits per heavy atom. The third kappa shape index (κ3) is 3.57. The van der Waals surface area contributed by atoms with Gasteiger partial charge in [0, 0.05) is 34.4 Å². The topological polar surface area (TPSA) is 121 Å². The van der Waals surface area contributed by atoms with Crippen LogP contribution in [0, 0.1) is 17.7 Å². The highest BCUT2D eigenvalue weighted by Gasteiger charge is 2.70. The molecule has 2 saturated heterocycles. The molecule has 0 aliphatic carbocycles. The quantitative estimate of drug-likeness (QED) is 0.257. The van der Waals surface area contributed by atoms with E-state index < -0.39 is 52.9 Å². The normalized spacial score (nSPS) is 24.7. The number of nitrogens with one attached hydrogen (secondary N) is 3. The van der Waals surface area contributed by atoms with Crippen molar-refractivity contribution in [3.05, 3.63) is 95.4 Å². The number of aromatic nitrogens is 1. The van der Waals surface area contributed by atoms with Crippen molar-refractivity contribution < 1.29 is 28.3 Å². The first-order valence-electron chi connectivity index (χ1n) is 13.4. The molecule has 0 radical (unpaired) electrons. The zero-order chi connectivity index (χ0) is 28.5. The Morgan fingerprint density at radius 1 is 1.02 bits per heavy atom. The molecule has 3 aliphatic rings. The van der Waals surface area contributed by atoms with Gasteiger partial charge >= 0.3 is 5.97 Å². The molecule has 9 nitrogen and oxygen atoms in total. The Hall–Kier alpha value is -4.83. The lowest BCUT2D eigenvalue weighted by molar-refractivity contribution is -0.130. The van der Waals surface area contributed by atoms with Crippen molar-refractivity contribution in [3.8, 4) is 0 Å². The minimum atomic E-state index is -1.63. The van der Waals surface area contributed by atoms with Gasteiger partial charge in [0.25, 0.3) is 0 Å². The molecule has 0 bridgehead atoms. The molecule has 4 heterocycles. The second kappa shape index (κ2) is 9.10. The lowest BCUT2D eigenvalue weighted by atomic mass is 9.76. The first-order valence-corrected chi connectivity index (χ1v) is 13.4. The highest BCUT2D eigenvalue weighted by Crippen LogP contribution is 2.54. The molecule has 4 aromatic rings. The Bertz CT molecular complexity index is 1770. The molecule has 3 aromatic carbocycles. The maximum atomic E-state index is 14.5. The van der Waals surface area contributed by atoms with Crippen LogP contribution in [0.25, 0.3) is 10.9 Å². The maximum absolute atomic E-state index is 14.5. The predicted molar refractivity (Wildman–Crippen MR) is 148 cm³/mol. The second-order valence-corrected chi connectivity index (χ2v) is 10.5. The number of aromatic amines is 1. The Morgan fingerprint density at radius 3 is 2.59 bits per heavy atom. The minimum absolute atomic E-state index is 0.212. The summed E-state index contributed by atoms with van der Waals surface area (Å²) < 4.78 is 19.6. The number of hydrogen-bond donors (Lipinski definition) is 3. The van der Waals surface area contributed by atoms with Crippen LogP contribution in [-0.4, -0.2) is 41.3 Å². The Kier molecular flexibility index (Phi) is 5.58. The van der Waals surface area contributed by atoms with Gasteiger partial charge in [-0.15, -0.1) is 0 Å². The summed E-state index contributed by atoms with van der Waals surface area (Å²) in [5.41, 5.74) is 1.48. The number of hydrogen-bond acceptors (Lipinski definition) is 6. The Balaban J connectivity index is 1.33. The fourth-order valence-corrected chi connectivity index (χ4v) is 6.70. The van der Waals surface area contributed by atoms with Gasteiger partial charge in [-0.3, -0.25) is 19.7 Å². The molecule has 1 aromatic heterocycles. The summed E-state index contributed by atoms with van der Waals surface area (Å²) in [5.74, 6) is -4.62. The van der Waals surface area contributed by atoms with Crippen LogP contribution in [0.15, 0.2) is 72.9 Å². The van der Waals surface area contributed by atoms with Crippen molar-refractivity contribution in [2.75, 3.05) is 16.8 Å². The second-order valence-electron chi connectivity index (χ2n) is 10.5. The molecule has 2 fully saturated rings. The molecule has 41 heavy (non-hydrogen) atoms. The van der Waals surface area contributed by atoms with Crippen LogP contribution in [0.1, 0.15) is 28.4 Å². The molecule has 3 amide bonds. The van der Waals surface area contributed by atoms with E-state index in [4.69, 9.17) is 4.74 Å². The molecule has 206 valence electrons. The number of anilines is 2. The van der Waals surface area contributed by atoms with Gasteiger partial charge in [-0.1, -0.05) is 18.2 Å². The summed E-state index contributed by atoms with van der Waals surface area (Å²) in [6.07, 6.45) is 2.21. The van der Waals surface area contributed by atoms with Crippen LogP contribution in [-0.2, 0) is 31.1 Å². The number of carbonyl (C=O) groups excluding carboxylic acids is 4. The van der Waals surface area contributed by atoms with Gasteiger partial charge in [0.2, 0.25) is 17.7 Å². The van der Waals surface area contributed by atoms with Gasteiger partial charge in [0.15, 0.2) is 0 Å². The number of nitrogens with zero attached hydrogens (tertiary/aromatic N) is 1. The van der Waals surface area contributed by atoms with Crippen molar-refractivity contribution in [1.29, 1.82) is 0 Å². The number of ether oxygens (including phenoxy) is 1. The van der Waals surface area contributed by atoms with Gasteiger partial charge in [-0.2, -0.15) is 0 Å². The number of benzene rings is 3. The number of para-hydroxylation sites is 1. The number of amides is 3. The third-order valence-corrected chi connectivity index (χ3v) is 8.43. The number of esters is 1. The number of rotatable bonds is 5. The van der Waals surface area contributed by atoms with E-state index in [1.165, 1.54) is 42.5 Å². The summed E-state index contributed by atoms with van der Waals surface area (Å²) in [4.78, 5) is 58.5. The zero-order valence-electron chi connectivity index (χ0n) is 21.9. The smallest absolute Gasteiger partial charge is 0.338 e. The summed E-state index contributed by atoms with van der Waals surface area (Å²) >= 11 is 0. The summed E-state index contributed by atoms with van der Waals surface area (Å²) in [5, 5.41) is 7.12. The largest absolute Gasteiger partial charge is 0.462 e. The van der Waals surface area contributed by atoms with E-state index in [-0.39, 0.29) is 17.9 Å². The third-order valence-electron chi connectivity index (χ3n) is 8.43. The van der Waals surface area contributed by atoms with Crippen molar-refractivity contribution in [1.82, 2.24) is 10.3 Å². The standard InChI is InChI=1S/C31H25FN4O5/c1-2-41-29(39)16-7-10-19(11-8-16)36-27(37)25-24(13-17-15-33-22-6-4-3-5-20(17)22)35-31(26(25)28(36)38)21-14-18(32)9-12-23(21)34-30(31)40/h3-12,14-15,24-26,33,35H,2,13H2,1H3,(H,34,40)/t24-,25-,26+,31+/m1/s1. The van der Waals surface area contributed by atoms with E-state index in [1.54, 1.807) is 6.92 Å². The first-order chi connectivity index (χ1) is 19.8. The molecule has 0 unspecified atom stereocenters. The monoisotopic (exact) mass is 552 g/mol. The van der Waals surface area contributed by atoms with E-state index >= 15 is 0 Å². The SMILES string of the molecule is CCOC(=O)c1ccc(N2C(=O)[C@H]3[C@@H](C2=O)[C@]2(N[C@@H]3Cc3c[nH]c4ccccc34)C(=O)Nc3ccc(F)cc32)cc1. The van der Waals surface area contributed by atoms with Gasteiger partial charge < -0.3 is 15.0 Å². The van der Waals surface area contributed by atoms with Crippen LogP contribution in [0.5, 0.6) is 0 Å². The molecule has 3 N–H and O–H groups in total. The number of carbonyl (C=O) groups is 4. The number of fused-ring (bicyclic) bond motifs is 5. The van der Waals surface area contributed by atoms with E-state index in [0.29, 0.717) is 17.7 Å². The van der Waals surface area contributed by atoms with Crippen molar-refractivity contribution in [2.45, 2.75) is 24.9 Å². The molecule has 3 aliphatic heterocycles. The molecular formula is C31H25FN4O5. The molecule has 7 rings (SSSR count). The van der Waals surface area contributed by atoms with Crippen LogP contribution in [0.2, 0.25) is 0 Å². The zero-order valence-corrected chi connectivity index (χ0v) is 21.9. The van der Waals surface area contributed by atoms with Gasteiger partial charge in [-0.25, -0.2) is 14.1 Å². The average Bonchev–Trinajstić information content (AvgIpc) is 3.68. The number of H-pyrrole nitrogens is 1. The van der Waals surface area contributed by atoms with E-state index in [2.05, 4.69) is 15.6 Å². The lowest BCUT2D eigenvalue weighted by Gasteiger charge is -2.29. The van der Waals surface area contributed by atoms with Crippen LogP contribution in [0.3, 0.4) is 0 Å². The van der Waals surface area contributed by atoms with Crippen LogP contribution in [0.4, 0.5) is 15.8 Å². The van der Waals surface area contributed by atoms with Crippen molar-refractivity contribution in [2.24, 2.45) is 11.8 Å². The summed E-state index contributed by atoms with van der Waals surface area (Å²) in [7, 11) is 0. The molecular weight excluding hydrogens is 527 g/mol. The maximum Gasteiger partial charge on any atom is 0.338 e. The fourth-order valence-electron chi connectivity index (χ4n) is 6.70. The first kappa shape index (κ1) is 25.2. The number of halogens is 1. The highest BCUT2D eigenvalue weighted by molar-refractivity contribution is 6.26.